The Kier molecular flexibility index (Phi) is 3.23. The molecule has 6 nitrogen and oxygen atoms in total. The smallest absolute Gasteiger partial charge is 0.349 e. The van der Waals surface area contributed by atoms with Gasteiger partial charge in [0.1, 0.15) is 11.6 Å². The van der Waals surface area contributed by atoms with Gasteiger partial charge in [0.15, 0.2) is 5.65 Å². The highest BCUT2D eigenvalue weighted by molar-refractivity contribution is 5.49. The number of anilines is 1. The van der Waals surface area contributed by atoms with Crippen LogP contribution >= 0.6 is 0 Å². The Morgan fingerprint density at radius 2 is 2.21 bits per heavy atom. The molecular weight excluding hydrogens is 242 g/mol. The Labute approximate surface area is 111 Å². The van der Waals surface area contributed by atoms with E-state index >= 15 is 0 Å². The van der Waals surface area contributed by atoms with E-state index in [4.69, 9.17) is 0 Å². The summed E-state index contributed by atoms with van der Waals surface area (Å²) in [5.41, 5.74) is 0.377. The highest BCUT2D eigenvalue weighted by Crippen LogP contribution is 2.23. The Balaban J connectivity index is 1.75. The van der Waals surface area contributed by atoms with Crippen LogP contribution in [-0.4, -0.2) is 26.1 Å². The zero-order valence-corrected chi connectivity index (χ0v) is 11.1. The fourth-order valence-corrected chi connectivity index (χ4v) is 2.83. The van der Waals surface area contributed by atoms with Crippen molar-refractivity contribution in [1.82, 2.24) is 19.6 Å². The van der Waals surface area contributed by atoms with Gasteiger partial charge in [0.05, 0.1) is 0 Å². The lowest BCUT2D eigenvalue weighted by molar-refractivity contribution is 0.373. The van der Waals surface area contributed by atoms with E-state index in [1.165, 1.54) is 36.5 Å². The lowest BCUT2D eigenvalue weighted by Crippen LogP contribution is -2.19. The molecule has 0 aromatic carbocycles. The lowest BCUT2D eigenvalue weighted by atomic mass is 9.89. The molecule has 19 heavy (non-hydrogen) atoms. The number of aromatic amines is 1. The van der Waals surface area contributed by atoms with Gasteiger partial charge in [0, 0.05) is 12.6 Å². The SMILES string of the molecule is Cc1nc(NCC2CCCCC2)cc2n[nH]c(=O)n12. The third-order valence-corrected chi connectivity index (χ3v) is 3.87. The first-order valence-electron chi connectivity index (χ1n) is 6.93. The normalized spacial score (nSPS) is 16.9. The summed E-state index contributed by atoms with van der Waals surface area (Å²) in [6.45, 7) is 2.77. The van der Waals surface area contributed by atoms with Crippen LogP contribution in [0, 0.1) is 12.8 Å². The van der Waals surface area contributed by atoms with Gasteiger partial charge in [0.25, 0.3) is 0 Å². The van der Waals surface area contributed by atoms with E-state index < -0.39 is 0 Å². The first-order valence-corrected chi connectivity index (χ1v) is 6.93. The average Bonchev–Trinajstić information content (AvgIpc) is 2.80. The van der Waals surface area contributed by atoms with E-state index in [2.05, 4.69) is 20.5 Å². The molecule has 102 valence electrons. The molecule has 1 fully saturated rings. The molecule has 0 bridgehead atoms. The van der Waals surface area contributed by atoms with Crippen molar-refractivity contribution < 1.29 is 0 Å². The lowest BCUT2D eigenvalue weighted by Gasteiger charge is -2.22. The number of H-pyrrole nitrogens is 1. The maximum absolute atomic E-state index is 11.5. The van der Waals surface area contributed by atoms with Gasteiger partial charge in [-0.3, -0.25) is 0 Å². The number of nitrogens with one attached hydrogen (secondary N) is 2. The second kappa shape index (κ2) is 5.03. The van der Waals surface area contributed by atoms with Crippen molar-refractivity contribution in [3.63, 3.8) is 0 Å². The molecule has 2 aromatic heterocycles. The largest absolute Gasteiger partial charge is 0.370 e. The van der Waals surface area contributed by atoms with E-state index in [9.17, 15) is 4.79 Å². The molecule has 1 saturated carbocycles. The molecule has 0 saturated heterocycles. The summed E-state index contributed by atoms with van der Waals surface area (Å²) >= 11 is 0. The van der Waals surface area contributed by atoms with Gasteiger partial charge < -0.3 is 5.32 Å². The van der Waals surface area contributed by atoms with Crippen molar-refractivity contribution in [2.45, 2.75) is 39.0 Å². The minimum absolute atomic E-state index is 0.237. The summed E-state index contributed by atoms with van der Waals surface area (Å²) in [4.78, 5) is 15.9. The highest BCUT2D eigenvalue weighted by Gasteiger charge is 2.14. The summed E-state index contributed by atoms with van der Waals surface area (Å²) < 4.78 is 1.48. The summed E-state index contributed by atoms with van der Waals surface area (Å²) in [6, 6.07) is 1.81. The number of hydrogen-bond acceptors (Lipinski definition) is 4. The molecule has 2 N–H and O–H groups in total. The fourth-order valence-electron chi connectivity index (χ4n) is 2.83. The van der Waals surface area contributed by atoms with Crippen molar-refractivity contribution in [2.75, 3.05) is 11.9 Å². The van der Waals surface area contributed by atoms with E-state index in [1.807, 2.05) is 13.0 Å². The number of fused-ring (bicyclic) bond motifs is 1. The van der Waals surface area contributed by atoms with Crippen LogP contribution in [-0.2, 0) is 0 Å². The third-order valence-electron chi connectivity index (χ3n) is 3.87. The van der Waals surface area contributed by atoms with Crippen molar-refractivity contribution in [1.29, 1.82) is 0 Å². The monoisotopic (exact) mass is 261 g/mol. The molecule has 0 unspecified atom stereocenters. The zero-order chi connectivity index (χ0) is 13.2. The Hall–Kier alpha value is -1.85. The molecule has 0 spiro atoms. The highest BCUT2D eigenvalue weighted by atomic mass is 16.1. The summed E-state index contributed by atoms with van der Waals surface area (Å²) in [7, 11) is 0. The van der Waals surface area contributed by atoms with Crippen LogP contribution in [0.3, 0.4) is 0 Å². The molecule has 6 heteroatoms. The van der Waals surface area contributed by atoms with Crippen molar-refractivity contribution in [3.8, 4) is 0 Å². The van der Waals surface area contributed by atoms with E-state index in [0.717, 1.165) is 18.3 Å². The number of aromatic nitrogens is 4. The number of hydrogen-bond donors (Lipinski definition) is 2. The summed E-state index contributed by atoms with van der Waals surface area (Å²) in [5, 5.41) is 9.80. The van der Waals surface area contributed by atoms with Crippen LogP contribution in [0.1, 0.15) is 37.9 Å². The molecule has 3 rings (SSSR count). The molecule has 2 aromatic rings. The van der Waals surface area contributed by atoms with Crippen LogP contribution in [0.5, 0.6) is 0 Å². The molecule has 1 aliphatic carbocycles. The maximum Gasteiger partial charge on any atom is 0.349 e. The second-order valence-electron chi connectivity index (χ2n) is 5.30. The van der Waals surface area contributed by atoms with Crippen molar-refractivity contribution in [2.24, 2.45) is 5.92 Å². The zero-order valence-electron chi connectivity index (χ0n) is 11.1. The minimum atomic E-state index is -0.237. The average molecular weight is 261 g/mol. The van der Waals surface area contributed by atoms with Crippen LogP contribution in [0.2, 0.25) is 0 Å². The number of aryl methyl sites for hydroxylation is 1. The van der Waals surface area contributed by atoms with Gasteiger partial charge in [-0.25, -0.2) is 19.3 Å². The van der Waals surface area contributed by atoms with E-state index in [-0.39, 0.29) is 5.69 Å². The van der Waals surface area contributed by atoms with E-state index in [1.54, 1.807) is 0 Å². The first kappa shape index (κ1) is 12.2. The molecule has 0 radical (unpaired) electrons. The maximum atomic E-state index is 11.5. The molecule has 0 atom stereocenters. The van der Waals surface area contributed by atoms with Gasteiger partial charge in [-0.1, -0.05) is 19.3 Å². The third kappa shape index (κ3) is 2.47. The fraction of sp³-hybridized carbons (Fsp3) is 0.615. The quantitative estimate of drug-likeness (QED) is 0.882. The molecule has 2 heterocycles. The molecule has 1 aliphatic rings. The minimum Gasteiger partial charge on any atom is -0.370 e. The van der Waals surface area contributed by atoms with Gasteiger partial charge in [-0.05, 0) is 25.7 Å². The van der Waals surface area contributed by atoms with Crippen LogP contribution < -0.4 is 11.0 Å². The molecular formula is C13H19N5O. The standard InChI is InChI=1S/C13H19N5O/c1-9-15-11(7-12-16-17-13(19)18(9)12)14-8-10-5-3-2-4-6-10/h7,10,14H,2-6,8H2,1H3,(H,17,19). The molecule has 0 aliphatic heterocycles. The summed E-state index contributed by atoms with van der Waals surface area (Å²) in [5.74, 6) is 2.20. The Morgan fingerprint density at radius 1 is 1.42 bits per heavy atom. The predicted octanol–water partition coefficient (Wildman–Crippen LogP) is 1.72. The van der Waals surface area contributed by atoms with Crippen LogP contribution in [0.15, 0.2) is 10.9 Å². The van der Waals surface area contributed by atoms with Gasteiger partial charge >= 0.3 is 5.69 Å². The van der Waals surface area contributed by atoms with Crippen molar-refractivity contribution >= 4 is 11.5 Å². The van der Waals surface area contributed by atoms with Gasteiger partial charge in [-0.2, -0.15) is 5.10 Å². The predicted molar refractivity (Wildman–Crippen MR) is 73.4 cm³/mol. The van der Waals surface area contributed by atoms with Crippen LogP contribution in [0.25, 0.3) is 5.65 Å². The summed E-state index contributed by atoms with van der Waals surface area (Å²) in [6.07, 6.45) is 6.65. The number of rotatable bonds is 3. The molecule has 0 amide bonds. The van der Waals surface area contributed by atoms with Crippen LogP contribution in [0.4, 0.5) is 5.82 Å². The Bertz CT molecular complexity index is 623. The topological polar surface area (TPSA) is 75.1 Å². The van der Waals surface area contributed by atoms with E-state index in [0.29, 0.717) is 11.5 Å². The van der Waals surface area contributed by atoms with Gasteiger partial charge in [-0.15, -0.1) is 0 Å². The second-order valence-corrected chi connectivity index (χ2v) is 5.30. The Morgan fingerprint density at radius 3 is 3.00 bits per heavy atom. The number of nitrogens with zero attached hydrogens (tertiary/aromatic N) is 3. The van der Waals surface area contributed by atoms with Crippen molar-refractivity contribution in [3.05, 3.63) is 22.4 Å². The van der Waals surface area contributed by atoms with Gasteiger partial charge in [0.2, 0.25) is 0 Å². The first-order chi connectivity index (χ1) is 9.24.